The SMILES string of the molecule is CC1(C)CCCC1NC(=O)C1(C(N)=S)CCC1. The molecule has 0 saturated heterocycles. The van der Waals surface area contributed by atoms with E-state index in [1.54, 1.807) is 0 Å². The molecule has 2 rings (SSSR count). The summed E-state index contributed by atoms with van der Waals surface area (Å²) in [5.41, 5.74) is 5.42. The largest absolute Gasteiger partial charge is 0.392 e. The first-order valence-corrected chi connectivity index (χ1v) is 6.90. The summed E-state index contributed by atoms with van der Waals surface area (Å²) in [5, 5.41) is 3.19. The minimum absolute atomic E-state index is 0.0659. The van der Waals surface area contributed by atoms with Gasteiger partial charge in [-0.1, -0.05) is 38.9 Å². The van der Waals surface area contributed by atoms with Crippen LogP contribution in [-0.4, -0.2) is 16.9 Å². The van der Waals surface area contributed by atoms with E-state index in [4.69, 9.17) is 18.0 Å². The van der Waals surface area contributed by atoms with Crippen LogP contribution in [0.15, 0.2) is 0 Å². The molecular formula is C13H22N2OS. The van der Waals surface area contributed by atoms with E-state index in [1.165, 1.54) is 12.8 Å². The van der Waals surface area contributed by atoms with Crippen molar-refractivity contribution in [3.05, 3.63) is 0 Å². The van der Waals surface area contributed by atoms with Gasteiger partial charge in [-0.25, -0.2) is 0 Å². The summed E-state index contributed by atoms with van der Waals surface area (Å²) in [6.45, 7) is 4.44. The van der Waals surface area contributed by atoms with Gasteiger partial charge in [0.1, 0.15) is 0 Å². The molecule has 1 atom stereocenters. The molecule has 96 valence electrons. The second-order valence-corrected chi connectivity index (χ2v) is 6.65. The van der Waals surface area contributed by atoms with Crippen LogP contribution in [0.5, 0.6) is 0 Å². The molecule has 4 heteroatoms. The predicted octanol–water partition coefficient (Wildman–Crippen LogP) is 2.14. The molecule has 1 unspecified atom stereocenters. The molecule has 2 aliphatic carbocycles. The third kappa shape index (κ3) is 2.07. The average molecular weight is 254 g/mol. The summed E-state index contributed by atoms with van der Waals surface area (Å²) in [6, 6.07) is 0.279. The molecule has 0 spiro atoms. The molecule has 0 aromatic rings. The summed E-state index contributed by atoms with van der Waals surface area (Å²) < 4.78 is 0. The zero-order valence-electron chi connectivity index (χ0n) is 10.7. The quantitative estimate of drug-likeness (QED) is 0.759. The van der Waals surface area contributed by atoms with E-state index in [1.807, 2.05) is 0 Å². The molecule has 17 heavy (non-hydrogen) atoms. The lowest BCUT2D eigenvalue weighted by atomic mass is 9.67. The lowest BCUT2D eigenvalue weighted by molar-refractivity contribution is -0.132. The fourth-order valence-electron chi connectivity index (χ4n) is 3.01. The van der Waals surface area contributed by atoms with Crippen molar-refractivity contribution in [3.8, 4) is 0 Å². The maximum absolute atomic E-state index is 12.4. The molecule has 0 bridgehead atoms. The topological polar surface area (TPSA) is 55.1 Å². The molecule has 2 aliphatic rings. The van der Waals surface area contributed by atoms with Gasteiger partial charge < -0.3 is 11.1 Å². The smallest absolute Gasteiger partial charge is 0.233 e. The van der Waals surface area contributed by atoms with Gasteiger partial charge in [-0.3, -0.25) is 4.79 Å². The molecule has 0 heterocycles. The molecular weight excluding hydrogens is 232 g/mol. The number of nitrogens with two attached hydrogens (primary N) is 1. The lowest BCUT2D eigenvalue weighted by Crippen LogP contribution is -2.56. The van der Waals surface area contributed by atoms with Gasteiger partial charge in [0.2, 0.25) is 5.91 Å². The molecule has 2 fully saturated rings. The molecule has 1 amide bonds. The number of rotatable bonds is 3. The fraction of sp³-hybridized carbons (Fsp3) is 0.846. The first-order chi connectivity index (χ1) is 7.88. The minimum atomic E-state index is -0.534. The van der Waals surface area contributed by atoms with Gasteiger partial charge in [0.05, 0.1) is 10.4 Å². The zero-order valence-corrected chi connectivity index (χ0v) is 11.5. The van der Waals surface area contributed by atoms with Crippen LogP contribution >= 0.6 is 12.2 Å². The average Bonchev–Trinajstić information content (AvgIpc) is 2.43. The Hall–Kier alpha value is -0.640. The number of carbonyl (C=O) groups is 1. The fourth-order valence-corrected chi connectivity index (χ4v) is 3.30. The highest BCUT2D eigenvalue weighted by molar-refractivity contribution is 7.80. The van der Waals surface area contributed by atoms with E-state index in [2.05, 4.69) is 19.2 Å². The Morgan fingerprint density at radius 1 is 1.29 bits per heavy atom. The van der Waals surface area contributed by atoms with Crippen molar-refractivity contribution in [3.63, 3.8) is 0 Å². The van der Waals surface area contributed by atoms with Gasteiger partial charge >= 0.3 is 0 Å². The van der Waals surface area contributed by atoms with Crippen molar-refractivity contribution < 1.29 is 4.79 Å². The van der Waals surface area contributed by atoms with Gasteiger partial charge in [0.25, 0.3) is 0 Å². The third-order valence-electron chi connectivity index (χ3n) is 4.68. The van der Waals surface area contributed by atoms with Crippen LogP contribution in [0.2, 0.25) is 0 Å². The maximum Gasteiger partial charge on any atom is 0.233 e. The van der Waals surface area contributed by atoms with E-state index < -0.39 is 5.41 Å². The number of amides is 1. The molecule has 0 aromatic heterocycles. The Bertz CT molecular complexity index is 347. The first kappa shape index (κ1) is 12.8. The Morgan fingerprint density at radius 3 is 2.29 bits per heavy atom. The summed E-state index contributed by atoms with van der Waals surface area (Å²) in [4.78, 5) is 12.7. The van der Waals surface area contributed by atoms with Crippen LogP contribution in [0.1, 0.15) is 52.4 Å². The minimum Gasteiger partial charge on any atom is -0.392 e. The van der Waals surface area contributed by atoms with E-state index in [9.17, 15) is 4.79 Å². The van der Waals surface area contributed by atoms with E-state index in [0.29, 0.717) is 4.99 Å². The van der Waals surface area contributed by atoms with Crippen LogP contribution in [0, 0.1) is 10.8 Å². The molecule has 0 aromatic carbocycles. The summed E-state index contributed by atoms with van der Waals surface area (Å²) in [5.74, 6) is 0.0659. The second-order valence-electron chi connectivity index (χ2n) is 6.21. The summed E-state index contributed by atoms with van der Waals surface area (Å²) >= 11 is 5.07. The summed E-state index contributed by atoms with van der Waals surface area (Å²) in [6.07, 6.45) is 6.14. The van der Waals surface area contributed by atoms with Crippen molar-refractivity contribution >= 4 is 23.1 Å². The van der Waals surface area contributed by atoms with Crippen LogP contribution < -0.4 is 11.1 Å². The van der Waals surface area contributed by atoms with E-state index in [0.717, 1.165) is 25.7 Å². The van der Waals surface area contributed by atoms with Crippen molar-refractivity contribution in [2.24, 2.45) is 16.6 Å². The summed E-state index contributed by atoms with van der Waals surface area (Å²) in [7, 11) is 0. The van der Waals surface area contributed by atoms with Crippen LogP contribution in [0.3, 0.4) is 0 Å². The van der Waals surface area contributed by atoms with E-state index in [-0.39, 0.29) is 17.4 Å². The van der Waals surface area contributed by atoms with Crippen molar-refractivity contribution in [1.82, 2.24) is 5.32 Å². The standard InChI is InChI=1S/C13H22N2OS/c1-12(2)6-3-5-9(12)15-11(16)13(10(14)17)7-4-8-13/h9H,3-8H2,1-2H3,(H2,14,17)(H,15,16). The van der Waals surface area contributed by atoms with E-state index >= 15 is 0 Å². The second kappa shape index (κ2) is 4.23. The first-order valence-electron chi connectivity index (χ1n) is 6.49. The van der Waals surface area contributed by atoms with Crippen LogP contribution in [-0.2, 0) is 4.79 Å². The highest BCUT2D eigenvalue weighted by Crippen LogP contribution is 2.43. The number of thiocarbonyl (C=S) groups is 1. The number of nitrogens with one attached hydrogen (secondary N) is 1. The number of hydrogen-bond acceptors (Lipinski definition) is 2. The predicted molar refractivity (Wildman–Crippen MR) is 72.6 cm³/mol. The van der Waals surface area contributed by atoms with Gasteiger partial charge in [0.15, 0.2) is 0 Å². The monoisotopic (exact) mass is 254 g/mol. The number of carbonyl (C=O) groups excluding carboxylic acids is 1. The van der Waals surface area contributed by atoms with Gasteiger partial charge in [-0.05, 0) is 31.1 Å². The van der Waals surface area contributed by atoms with Crippen molar-refractivity contribution in [1.29, 1.82) is 0 Å². The normalized spacial score (nSPS) is 29.4. The van der Waals surface area contributed by atoms with Gasteiger partial charge in [-0.15, -0.1) is 0 Å². The molecule has 2 saturated carbocycles. The molecule has 0 radical (unpaired) electrons. The van der Waals surface area contributed by atoms with Gasteiger partial charge in [0, 0.05) is 6.04 Å². The highest BCUT2D eigenvalue weighted by Gasteiger charge is 2.48. The Morgan fingerprint density at radius 2 is 1.94 bits per heavy atom. The maximum atomic E-state index is 12.4. The Kier molecular flexibility index (Phi) is 3.19. The number of hydrogen-bond donors (Lipinski definition) is 2. The van der Waals surface area contributed by atoms with Crippen molar-refractivity contribution in [2.75, 3.05) is 0 Å². The van der Waals surface area contributed by atoms with Gasteiger partial charge in [-0.2, -0.15) is 0 Å². The van der Waals surface area contributed by atoms with Crippen LogP contribution in [0.25, 0.3) is 0 Å². The molecule has 3 N–H and O–H groups in total. The third-order valence-corrected chi connectivity index (χ3v) is 5.07. The molecule has 0 aliphatic heterocycles. The lowest BCUT2D eigenvalue weighted by Gasteiger charge is -2.41. The van der Waals surface area contributed by atoms with Crippen molar-refractivity contribution in [2.45, 2.75) is 58.4 Å². The zero-order chi connectivity index (χ0) is 12.7. The Labute approximate surface area is 109 Å². The molecule has 3 nitrogen and oxygen atoms in total. The Balaban J connectivity index is 2.04. The highest BCUT2D eigenvalue weighted by atomic mass is 32.1. The van der Waals surface area contributed by atoms with Crippen LogP contribution in [0.4, 0.5) is 0 Å².